The normalized spacial score (nSPS) is 15.0. The minimum absolute atomic E-state index is 0.0681. The zero-order valence-electron chi connectivity index (χ0n) is 11.3. The Kier molecular flexibility index (Phi) is 3.66. The number of rotatable bonds is 4. The highest BCUT2D eigenvalue weighted by Crippen LogP contribution is 2.21. The first-order valence-corrected chi connectivity index (χ1v) is 6.70. The molecule has 1 amide bonds. The highest BCUT2D eigenvalue weighted by molar-refractivity contribution is 5.79. The van der Waals surface area contributed by atoms with Crippen LogP contribution in [0.15, 0.2) is 30.5 Å². The van der Waals surface area contributed by atoms with Gasteiger partial charge in [0.05, 0.1) is 25.3 Å². The summed E-state index contributed by atoms with van der Waals surface area (Å²) in [6.45, 7) is 0.908. The van der Waals surface area contributed by atoms with E-state index in [4.69, 9.17) is 5.11 Å². The van der Waals surface area contributed by atoms with Crippen molar-refractivity contribution in [1.29, 1.82) is 0 Å². The molecule has 1 fully saturated rings. The zero-order chi connectivity index (χ0) is 14.8. The van der Waals surface area contributed by atoms with E-state index >= 15 is 0 Å². The highest BCUT2D eigenvalue weighted by Gasteiger charge is 2.32. The summed E-state index contributed by atoms with van der Waals surface area (Å²) in [5, 5.41) is 16.6. The van der Waals surface area contributed by atoms with Crippen LogP contribution >= 0.6 is 0 Å². The maximum Gasteiger partial charge on any atom is 0.227 e. The summed E-state index contributed by atoms with van der Waals surface area (Å²) >= 11 is 0. The maximum absolute atomic E-state index is 13.5. The van der Waals surface area contributed by atoms with Gasteiger partial charge in [0, 0.05) is 13.1 Å². The fourth-order valence-electron chi connectivity index (χ4n) is 2.31. The molecule has 0 saturated carbocycles. The van der Waals surface area contributed by atoms with Gasteiger partial charge in [0.1, 0.15) is 11.5 Å². The number of hydrogen-bond acceptors (Lipinski definition) is 4. The predicted molar refractivity (Wildman–Crippen MR) is 71.7 cm³/mol. The molecule has 6 nitrogen and oxygen atoms in total. The molecule has 21 heavy (non-hydrogen) atoms. The average molecular weight is 290 g/mol. The first-order chi connectivity index (χ1) is 10.2. The Morgan fingerprint density at radius 1 is 1.38 bits per heavy atom. The van der Waals surface area contributed by atoms with E-state index in [0.29, 0.717) is 24.3 Å². The van der Waals surface area contributed by atoms with Crippen molar-refractivity contribution in [3.63, 3.8) is 0 Å². The van der Waals surface area contributed by atoms with E-state index < -0.39 is 0 Å². The Labute approximate surface area is 120 Å². The van der Waals surface area contributed by atoms with Gasteiger partial charge in [-0.25, -0.2) is 9.07 Å². The van der Waals surface area contributed by atoms with Gasteiger partial charge >= 0.3 is 0 Å². The second-order valence-corrected chi connectivity index (χ2v) is 5.07. The summed E-state index contributed by atoms with van der Waals surface area (Å²) in [5.74, 6) is -0.453. The van der Waals surface area contributed by atoms with Crippen LogP contribution in [0.5, 0.6) is 0 Å². The monoisotopic (exact) mass is 290 g/mol. The second kappa shape index (κ2) is 5.61. The minimum Gasteiger partial charge on any atom is -0.390 e. The van der Waals surface area contributed by atoms with Crippen LogP contribution in [0.4, 0.5) is 4.39 Å². The van der Waals surface area contributed by atoms with Crippen LogP contribution in [0.25, 0.3) is 0 Å². The summed E-state index contributed by atoms with van der Waals surface area (Å²) in [6, 6.07) is 6.37. The molecule has 1 aromatic heterocycles. The van der Waals surface area contributed by atoms with Crippen molar-refractivity contribution in [1.82, 2.24) is 19.9 Å². The molecule has 3 rings (SSSR count). The van der Waals surface area contributed by atoms with Crippen LogP contribution in [0.3, 0.4) is 0 Å². The number of aliphatic hydroxyl groups is 1. The molecule has 2 aromatic rings. The molecule has 1 aromatic carbocycles. The Bertz CT molecular complexity index is 652. The molecule has 0 spiro atoms. The molecule has 0 bridgehead atoms. The fourth-order valence-corrected chi connectivity index (χ4v) is 2.31. The van der Waals surface area contributed by atoms with Crippen LogP contribution < -0.4 is 0 Å². The third-order valence-corrected chi connectivity index (χ3v) is 3.61. The van der Waals surface area contributed by atoms with E-state index in [-0.39, 0.29) is 30.8 Å². The molecule has 0 atom stereocenters. The topological polar surface area (TPSA) is 71.2 Å². The molecular weight excluding hydrogens is 275 g/mol. The van der Waals surface area contributed by atoms with Gasteiger partial charge in [0.25, 0.3) is 0 Å². The molecule has 1 N–H and O–H groups in total. The maximum atomic E-state index is 13.5. The zero-order valence-corrected chi connectivity index (χ0v) is 11.3. The van der Waals surface area contributed by atoms with E-state index in [9.17, 15) is 9.18 Å². The number of likely N-dealkylation sites (tertiary alicyclic amines) is 1. The van der Waals surface area contributed by atoms with E-state index in [2.05, 4.69) is 10.3 Å². The van der Waals surface area contributed by atoms with E-state index in [1.54, 1.807) is 34.0 Å². The van der Waals surface area contributed by atoms with Crippen molar-refractivity contribution in [2.45, 2.75) is 19.1 Å². The van der Waals surface area contributed by atoms with Gasteiger partial charge in [-0.05, 0) is 11.6 Å². The Balaban J connectivity index is 1.56. The van der Waals surface area contributed by atoms with Gasteiger partial charge < -0.3 is 10.0 Å². The molecule has 2 heterocycles. The molecule has 1 aliphatic rings. The summed E-state index contributed by atoms with van der Waals surface area (Å²) in [4.78, 5) is 13.7. The van der Waals surface area contributed by atoms with Crippen molar-refractivity contribution in [2.75, 3.05) is 13.1 Å². The van der Waals surface area contributed by atoms with Crippen LogP contribution in [0, 0.1) is 5.82 Å². The van der Waals surface area contributed by atoms with Gasteiger partial charge in [-0.3, -0.25) is 4.79 Å². The number of nitrogens with zero attached hydrogens (tertiary/aromatic N) is 4. The number of amides is 1. The van der Waals surface area contributed by atoms with Gasteiger partial charge in [-0.2, -0.15) is 0 Å². The molecule has 0 unspecified atom stereocenters. The number of carbonyl (C=O) groups is 1. The Morgan fingerprint density at radius 2 is 2.14 bits per heavy atom. The Hall–Kier alpha value is -2.28. The largest absolute Gasteiger partial charge is 0.390 e. The summed E-state index contributed by atoms with van der Waals surface area (Å²) in [5.41, 5.74) is 0.917. The van der Waals surface area contributed by atoms with Crippen molar-refractivity contribution >= 4 is 5.91 Å². The molecule has 110 valence electrons. The number of halogens is 1. The van der Waals surface area contributed by atoms with Gasteiger partial charge in [0.2, 0.25) is 5.91 Å². The van der Waals surface area contributed by atoms with Gasteiger partial charge in [-0.15, -0.1) is 5.10 Å². The van der Waals surface area contributed by atoms with E-state index in [1.165, 1.54) is 6.07 Å². The number of benzene rings is 1. The smallest absolute Gasteiger partial charge is 0.227 e. The van der Waals surface area contributed by atoms with Crippen LogP contribution in [-0.4, -0.2) is 44.0 Å². The quantitative estimate of drug-likeness (QED) is 0.892. The van der Waals surface area contributed by atoms with Crippen LogP contribution in [-0.2, 0) is 17.8 Å². The van der Waals surface area contributed by atoms with Crippen LogP contribution in [0.2, 0.25) is 0 Å². The number of aliphatic hydroxyl groups excluding tert-OH is 1. The van der Waals surface area contributed by atoms with Gasteiger partial charge in [0.15, 0.2) is 0 Å². The molecule has 0 radical (unpaired) electrons. The number of hydrogen-bond donors (Lipinski definition) is 1. The first kappa shape index (κ1) is 13.7. The third kappa shape index (κ3) is 2.78. The molecule has 1 saturated heterocycles. The molecule has 0 aliphatic carbocycles. The number of carbonyl (C=O) groups excluding carboxylic acids is 1. The Morgan fingerprint density at radius 3 is 2.81 bits per heavy atom. The second-order valence-electron chi connectivity index (χ2n) is 5.07. The van der Waals surface area contributed by atoms with E-state index in [1.807, 2.05) is 0 Å². The van der Waals surface area contributed by atoms with Crippen molar-refractivity contribution in [3.8, 4) is 0 Å². The fraction of sp³-hybridized carbons (Fsp3) is 0.357. The molecular formula is C14H15FN4O2. The summed E-state index contributed by atoms with van der Waals surface area (Å²) in [7, 11) is 0. The summed E-state index contributed by atoms with van der Waals surface area (Å²) in [6.07, 6.45) is 1.74. The van der Waals surface area contributed by atoms with Crippen molar-refractivity contribution in [3.05, 3.63) is 47.5 Å². The molecule has 1 aliphatic heterocycles. The lowest BCUT2D eigenvalue weighted by Crippen LogP contribution is -2.51. The van der Waals surface area contributed by atoms with Crippen LogP contribution in [0.1, 0.15) is 17.3 Å². The van der Waals surface area contributed by atoms with Gasteiger partial charge in [-0.1, -0.05) is 23.4 Å². The first-order valence-electron chi connectivity index (χ1n) is 6.70. The molecule has 7 heteroatoms. The summed E-state index contributed by atoms with van der Waals surface area (Å²) < 4.78 is 15.2. The van der Waals surface area contributed by atoms with E-state index in [0.717, 1.165) is 0 Å². The average Bonchev–Trinajstić information content (AvgIpc) is 2.88. The highest BCUT2D eigenvalue weighted by atomic mass is 19.1. The van der Waals surface area contributed by atoms with Crippen molar-refractivity contribution in [2.24, 2.45) is 0 Å². The lowest BCUT2D eigenvalue weighted by molar-refractivity contribution is -0.136. The predicted octanol–water partition coefficient (Wildman–Crippen LogP) is 0.535. The van der Waals surface area contributed by atoms with Crippen molar-refractivity contribution < 1.29 is 14.3 Å². The number of aromatic nitrogens is 3. The lowest BCUT2D eigenvalue weighted by atomic mass is 10.1. The SMILES string of the molecule is O=C(Cc1ccccc1F)N1CC(n2cc(CO)nn2)C1. The lowest BCUT2D eigenvalue weighted by Gasteiger charge is -2.39. The minimum atomic E-state index is -0.355. The standard InChI is InChI=1S/C14H15FN4O2/c15-13-4-2-1-3-10(13)5-14(21)18-7-12(8-18)19-6-11(9-20)16-17-19/h1-4,6,12,20H,5,7-9H2. The third-order valence-electron chi connectivity index (χ3n) is 3.61.